The number of rotatable bonds is 6. The number of nitrogens with zero attached hydrogens (tertiary/aromatic N) is 4. The van der Waals surface area contributed by atoms with E-state index in [1.807, 2.05) is 72.8 Å². The number of aromatic nitrogens is 4. The second kappa shape index (κ2) is 13.0. The summed E-state index contributed by atoms with van der Waals surface area (Å²) in [5, 5.41) is 4.70. The Bertz CT molecular complexity index is 3180. The molecule has 0 radical (unpaired) electrons. The molecule has 11 aromatic rings. The summed E-state index contributed by atoms with van der Waals surface area (Å²) in [5.74, 6) is 1.94. The number of benzene rings is 8. The topological polar surface area (TPSA) is 56.7 Å². The summed E-state index contributed by atoms with van der Waals surface area (Å²) in [6.07, 6.45) is 0. The van der Waals surface area contributed by atoms with Gasteiger partial charge in [0, 0.05) is 43.9 Å². The molecule has 5 heteroatoms. The first-order chi connectivity index (χ1) is 27.7. The highest BCUT2D eigenvalue weighted by Gasteiger charge is 2.17. The smallest absolute Gasteiger partial charge is 0.164 e. The molecule has 0 fully saturated rings. The zero-order valence-electron chi connectivity index (χ0n) is 30.2. The van der Waals surface area contributed by atoms with Crippen molar-refractivity contribution in [1.29, 1.82) is 0 Å². The number of hydrogen-bond donors (Lipinski definition) is 0. The van der Waals surface area contributed by atoms with E-state index in [-0.39, 0.29) is 0 Å². The maximum Gasteiger partial charge on any atom is 0.164 e. The predicted molar refractivity (Wildman–Crippen MR) is 229 cm³/mol. The fourth-order valence-corrected chi connectivity index (χ4v) is 8.01. The van der Waals surface area contributed by atoms with Crippen LogP contribution in [-0.4, -0.2) is 19.5 Å². The van der Waals surface area contributed by atoms with E-state index in [4.69, 9.17) is 19.4 Å². The normalized spacial score (nSPS) is 11.6. The van der Waals surface area contributed by atoms with Gasteiger partial charge in [0.2, 0.25) is 0 Å². The molecule has 0 aliphatic heterocycles. The highest BCUT2D eigenvalue weighted by molar-refractivity contribution is 6.15. The zero-order valence-corrected chi connectivity index (χ0v) is 30.2. The molecule has 8 aromatic carbocycles. The Balaban J connectivity index is 0.984. The third-order valence-corrected chi connectivity index (χ3v) is 10.7. The van der Waals surface area contributed by atoms with E-state index < -0.39 is 0 Å². The standard InChI is InChI=1S/C51H32N4O/c1-3-13-34(14-4-1)49-52-50(35-15-5-2-6-16-35)54-51(53-49)36-27-25-33(26-28-36)37-17-11-18-39(31-37)55-44-22-9-7-19-41(44)43-32-38(29-30-45(43)55)40-21-12-24-47-48(40)42-20-8-10-23-46(42)56-47/h1-32H. The Hall–Kier alpha value is -7.63. The summed E-state index contributed by atoms with van der Waals surface area (Å²) in [4.78, 5) is 14.7. The quantitative estimate of drug-likeness (QED) is 0.172. The van der Waals surface area contributed by atoms with Gasteiger partial charge in [-0.05, 0) is 64.7 Å². The van der Waals surface area contributed by atoms with Crippen LogP contribution < -0.4 is 0 Å². The molecule has 56 heavy (non-hydrogen) atoms. The number of hydrogen-bond acceptors (Lipinski definition) is 4. The van der Waals surface area contributed by atoms with Crippen molar-refractivity contribution in [3.8, 4) is 62.1 Å². The van der Waals surface area contributed by atoms with Gasteiger partial charge in [0.1, 0.15) is 11.2 Å². The second-order valence-electron chi connectivity index (χ2n) is 14.0. The number of fused-ring (bicyclic) bond motifs is 6. The maximum absolute atomic E-state index is 6.24. The van der Waals surface area contributed by atoms with Gasteiger partial charge in [0.05, 0.1) is 11.0 Å². The molecular formula is C51H32N4O. The number of furan rings is 1. The summed E-state index contributed by atoms with van der Waals surface area (Å²) < 4.78 is 8.62. The van der Waals surface area contributed by atoms with Crippen LogP contribution in [0, 0.1) is 0 Å². The van der Waals surface area contributed by atoms with Crippen molar-refractivity contribution in [2.75, 3.05) is 0 Å². The summed E-state index contributed by atoms with van der Waals surface area (Å²) in [6, 6.07) is 67.6. The molecule has 262 valence electrons. The van der Waals surface area contributed by atoms with Crippen molar-refractivity contribution in [2.24, 2.45) is 0 Å². The van der Waals surface area contributed by atoms with Gasteiger partial charge in [-0.15, -0.1) is 0 Å². The monoisotopic (exact) mass is 716 g/mol. The molecule has 0 atom stereocenters. The van der Waals surface area contributed by atoms with E-state index in [1.54, 1.807) is 0 Å². The molecule has 0 spiro atoms. The van der Waals surface area contributed by atoms with Crippen molar-refractivity contribution in [3.63, 3.8) is 0 Å². The minimum Gasteiger partial charge on any atom is -0.456 e. The van der Waals surface area contributed by atoms with E-state index in [2.05, 4.69) is 126 Å². The van der Waals surface area contributed by atoms with E-state index in [0.717, 1.165) is 72.0 Å². The Morgan fingerprint density at radius 2 is 0.875 bits per heavy atom. The van der Waals surface area contributed by atoms with Gasteiger partial charge in [-0.25, -0.2) is 15.0 Å². The van der Waals surface area contributed by atoms with Crippen LogP contribution in [0.2, 0.25) is 0 Å². The average Bonchev–Trinajstić information content (AvgIpc) is 3.83. The van der Waals surface area contributed by atoms with Gasteiger partial charge in [-0.2, -0.15) is 0 Å². The van der Waals surface area contributed by atoms with Crippen LogP contribution in [-0.2, 0) is 0 Å². The van der Waals surface area contributed by atoms with Crippen LogP contribution >= 0.6 is 0 Å². The van der Waals surface area contributed by atoms with E-state index in [1.165, 1.54) is 16.3 Å². The molecular weight excluding hydrogens is 685 g/mol. The largest absolute Gasteiger partial charge is 0.456 e. The highest BCUT2D eigenvalue weighted by Crippen LogP contribution is 2.40. The van der Waals surface area contributed by atoms with Crippen molar-refractivity contribution < 1.29 is 4.42 Å². The number of para-hydroxylation sites is 2. The maximum atomic E-state index is 6.24. The van der Waals surface area contributed by atoms with Gasteiger partial charge in [0.25, 0.3) is 0 Å². The minimum atomic E-state index is 0.639. The third-order valence-electron chi connectivity index (χ3n) is 10.7. The fraction of sp³-hybridized carbons (Fsp3) is 0. The van der Waals surface area contributed by atoms with Crippen LogP contribution in [0.25, 0.3) is 106 Å². The van der Waals surface area contributed by atoms with E-state index >= 15 is 0 Å². The van der Waals surface area contributed by atoms with Gasteiger partial charge in [-0.1, -0.05) is 152 Å². The molecule has 0 aliphatic rings. The molecule has 5 nitrogen and oxygen atoms in total. The zero-order chi connectivity index (χ0) is 37.0. The first-order valence-corrected chi connectivity index (χ1v) is 18.8. The second-order valence-corrected chi connectivity index (χ2v) is 14.0. The Morgan fingerprint density at radius 3 is 1.61 bits per heavy atom. The molecule has 11 rings (SSSR count). The third kappa shape index (κ3) is 5.37. The van der Waals surface area contributed by atoms with Crippen LogP contribution in [0.5, 0.6) is 0 Å². The van der Waals surface area contributed by atoms with E-state index in [0.29, 0.717) is 17.5 Å². The Labute approximate surface area is 322 Å². The lowest BCUT2D eigenvalue weighted by molar-refractivity contribution is 0.669. The molecule has 0 amide bonds. The summed E-state index contributed by atoms with van der Waals surface area (Å²) in [5.41, 5.74) is 12.6. The van der Waals surface area contributed by atoms with Crippen LogP contribution in [0.3, 0.4) is 0 Å². The van der Waals surface area contributed by atoms with Gasteiger partial charge >= 0.3 is 0 Å². The summed E-state index contributed by atoms with van der Waals surface area (Å²) >= 11 is 0. The van der Waals surface area contributed by atoms with Gasteiger partial charge in [-0.3, -0.25) is 0 Å². The average molecular weight is 717 g/mol. The summed E-state index contributed by atoms with van der Waals surface area (Å²) in [7, 11) is 0. The van der Waals surface area contributed by atoms with E-state index in [9.17, 15) is 0 Å². The lowest BCUT2D eigenvalue weighted by atomic mass is 9.98. The molecule has 0 saturated carbocycles. The lowest BCUT2D eigenvalue weighted by Crippen LogP contribution is -2.00. The Kier molecular flexibility index (Phi) is 7.42. The molecule has 0 N–H and O–H groups in total. The van der Waals surface area contributed by atoms with Crippen LogP contribution in [0.4, 0.5) is 0 Å². The van der Waals surface area contributed by atoms with Crippen molar-refractivity contribution >= 4 is 43.7 Å². The minimum absolute atomic E-state index is 0.639. The molecule has 3 heterocycles. The highest BCUT2D eigenvalue weighted by atomic mass is 16.3. The molecule has 0 aliphatic carbocycles. The molecule has 0 unspecified atom stereocenters. The lowest BCUT2D eigenvalue weighted by Gasteiger charge is -2.12. The van der Waals surface area contributed by atoms with Crippen LogP contribution in [0.15, 0.2) is 199 Å². The Morgan fingerprint density at radius 1 is 0.339 bits per heavy atom. The SMILES string of the molecule is c1ccc(-c2nc(-c3ccccc3)nc(-c3ccc(-c4cccc(-n5c6ccccc6c6cc(-c7cccc8oc9ccccc9c78)ccc65)c4)cc3)n2)cc1. The van der Waals surface area contributed by atoms with Gasteiger partial charge in [0.15, 0.2) is 17.5 Å². The van der Waals surface area contributed by atoms with Gasteiger partial charge < -0.3 is 8.98 Å². The van der Waals surface area contributed by atoms with Crippen molar-refractivity contribution in [3.05, 3.63) is 194 Å². The predicted octanol–water partition coefficient (Wildman–Crippen LogP) is 13.2. The van der Waals surface area contributed by atoms with Crippen LogP contribution in [0.1, 0.15) is 0 Å². The van der Waals surface area contributed by atoms with Crippen molar-refractivity contribution in [1.82, 2.24) is 19.5 Å². The molecule has 0 saturated heterocycles. The fourth-order valence-electron chi connectivity index (χ4n) is 8.01. The first-order valence-electron chi connectivity index (χ1n) is 18.8. The molecule has 0 bridgehead atoms. The van der Waals surface area contributed by atoms with Crippen molar-refractivity contribution in [2.45, 2.75) is 0 Å². The first kappa shape index (κ1) is 31.9. The summed E-state index contributed by atoms with van der Waals surface area (Å²) in [6.45, 7) is 0. The molecule has 3 aromatic heterocycles.